The molecule has 1 N–H and O–H groups in total. The molecule has 3 heterocycles. The van der Waals surface area contributed by atoms with E-state index < -0.39 is 5.54 Å². The normalized spacial score (nSPS) is 20.3. The predicted molar refractivity (Wildman–Crippen MR) is 130 cm³/mol. The summed E-state index contributed by atoms with van der Waals surface area (Å²) in [6.07, 6.45) is 5.33. The number of carbonyl (C=O) groups is 1. The van der Waals surface area contributed by atoms with Crippen LogP contribution < -0.4 is 10.9 Å². The Hall–Kier alpha value is -3.10. The van der Waals surface area contributed by atoms with Gasteiger partial charge in [0.1, 0.15) is 22.2 Å². The third-order valence-corrected chi connectivity index (χ3v) is 7.62. The molecule has 4 aromatic rings. The molecular weight excluding hydrogens is 456 g/mol. The number of rotatable bonds is 5. The van der Waals surface area contributed by atoms with E-state index in [0.29, 0.717) is 33.5 Å². The standard InChI is InChI=1S/C25H27ClN4O4/c1-14-20-22(28-34-14)21-18(26)6-5-7-19(21)30(23(20)31)17-9-8-16(12-17)27-24(32)25(2,29(3)4)15-10-11-33-13-15/h5-7,10-11,13,16-17H,8-9,12H2,1-4H3,(H,27,32). The number of nitrogens with zero attached hydrogens (tertiary/aromatic N) is 3. The molecule has 178 valence electrons. The van der Waals surface area contributed by atoms with Gasteiger partial charge in [0.05, 0.1) is 23.1 Å². The molecule has 1 saturated carbocycles. The number of benzene rings is 1. The number of pyridine rings is 1. The second-order valence-corrected chi connectivity index (χ2v) is 9.79. The van der Waals surface area contributed by atoms with Crippen LogP contribution in [0.1, 0.15) is 43.6 Å². The van der Waals surface area contributed by atoms with Crippen LogP contribution in [0.4, 0.5) is 0 Å². The molecule has 0 spiro atoms. The van der Waals surface area contributed by atoms with E-state index in [4.69, 9.17) is 20.5 Å². The van der Waals surface area contributed by atoms with Gasteiger partial charge in [-0.3, -0.25) is 14.5 Å². The second kappa shape index (κ2) is 8.29. The van der Waals surface area contributed by atoms with Gasteiger partial charge in [0.2, 0.25) is 5.91 Å². The Kier molecular flexibility index (Phi) is 5.53. The molecule has 1 aromatic carbocycles. The summed E-state index contributed by atoms with van der Waals surface area (Å²) in [7, 11) is 3.74. The lowest BCUT2D eigenvalue weighted by Gasteiger charge is -2.35. The van der Waals surface area contributed by atoms with E-state index in [1.165, 1.54) is 0 Å². The van der Waals surface area contributed by atoms with Crippen molar-refractivity contribution in [2.24, 2.45) is 0 Å². The van der Waals surface area contributed by atoms with Crippen molar-refractivity contribution in [2.45, 2.75) is 50.7 Å². The van der Waals surface area contributed by atoms with Gasteiger partial charge >= 0.3 is 0 Å². The zero-order valence-electron chi connectivity index (χ0n) is 19.6. The summed E-state index contributed by atoms with van der Waals surface area (Å²) in [5.41, 5.74) is 0.989. The highest BCUT2D eigenvalue weighted by Crippen LogP contribution is 2.37. The van der Waals surface area contributed by atoms with Gasteiger partial charge in [-0.2, -0.15) is 0 Å². The zero-order valence-corrected chi connectivity index (χ0v) is 20.3. The molecule has 8 nitrogen and oxygen atoms in total. The van der Waals surface area contributed by atoms with Crippen LogP contribution in [0.25, 0.3) is 21.8 Å². The van der Waals surface area contributed by atoms with Crippen LogP contribution in [0.15, 0.2) is 50.5 Å². The van der Waals surface area contributed by atoms with E-state index in [1.54, 1.807) is 30.1 Å². The van der Waals surface area contributed by atoms with Gasteiger partial charge in [0.15, 0.2) is 0 Å². The molecule has 0 radical (unpaired) electrons. The van der Waals surface area contributed by atoms with Gasteiger partial charge < -0.3 is 18.8 Å². The second-order valence-electron chi connectivity index (χ2n) is 9.39. The maximum absolute atomic E-state index is 13.6. The number of nitrogens with one attached hydrogen (secondary N) is 1. The van der Waals surface area contributed by atoms with Crippen LogP contribution in [-0.2, 0) is 10.3 Å². The Bertz CT molecular complexity index is 1440. The predicted octanol–water partition coefficient (Wildman–Crippen LogP) is 4.38. The first-order valence-corrected chi connectivity index (χ1v) is 11.7. The molecule has 0 aliphatic heterocycles. The zero-order chi connectivity index (χ0) is 24.2. The minimum absolute atomic E-state index is 0.0657. The molecule has 3 aromatic heterocycles. The summed E-state index contributed by atoms with van der Waals surface area (Å²) in [4.78, 5) is 28.9. The first kappa shape index (κ1) is 22.7. The van der Waals surface area contributed by atoms with Crippen molar-refractivity contribution in [1.82, 2.24) is 19.9 Å². The molecule has 1 aliphatic rings. The number of likely N-dealkylation sites (N-methyl/N-ethyl adjacent to an activating group) is 1. The topological polar surface area (TPSA) is 93.5 Å². The lowest BCUT2D eigenvalue weighted by molar-refractivity contribution is -0.132. The Morgan fingerprint density at radius 2 is 2.06 bits per heavy atom. The molecule has 0 bridgehead atoms. The summed E-state index contributed by atoms with van der Waals surface area (Å²) in [6, 6.07) is 7.17. The van der Waals surface area contributed by atoms with Crippen LogP contribution in [0.3, 0.4) is 0 Å². The molecular formula is C25H27ClN4O4. The number of fused-ring (bicyclic) bond motifs is 3. The van der Waals surface area contributed by atoms with Crippen LogP contribution >= 0.6 is 11.6 Å². The molecule has 3 unspecified atom stereocenters. The number of carbonyl (C=O) groups excluding carboxylic acids is 1. The van der Waals surface area contributed by atoms with E-state index in [0.717, 1.165) is 23.9 Å². The van der Waals surface area contributed by atoms with Gasteiger partial charge in [0, 0.05) is 23.0 Å². The highest BCUT2D eigenvalue weighted by molar-refractivity contribution is 6.37. The molecule has 0 saturated heterocycles. The van der Waals surface area contributed by atoms with E-state index in [1.807, 2.05) is 44.1 Å². The van der Waals surface area contributed by atoms with Crippen molar-refractivity contribution in [3.8, 4) is 0 Å². The van der Waals surface area contributed by atoms with Crippen LogP contribution in [0.2, 0.25) is 5.02 Å². The Morgan fingerprint density at radius 3 is 2.76 bits per heavy atom. The van der Waals surface area contributed by atoms with Gasteiger partial charge in [-0.25, -0.2) is 0 Å². The number of halogens is 1. The molecule has 1 amide bonds. The van der Waals surface area contributed by atoms with Crippen LogP contribution in [0.5, 0.6) is 0 Å². The molecule has 9 heteroatoms. The van der Waals surface area contributed by atoms with E-state index in [2.05, 4.69) is 10.5 Å². The first-order valence-electron chi connectivity index (χ1n) is 11.3. The Morgan fingerprint density at radius 1 is 1.26 bits per heavy atom. The number of aryl methyl sites for hydroxylation is 1. The smallest absolute Gasteiger partial charge is 0.264 e. The van der Waals surface area contributed by atoms with Crippen molar-refractivity contribution in [3.05, 3.63) is 63.5 Å². The fourth-order valence-corrected chi connectivity index (χ4v) is 5.38. The lowest BCUT2D eigenvalue weighted by atomic mass is 9.91. The third-order valence-electron chi connectivity index (χ3n) is 7.31. The highest BCUT2D eigenvalue weighted by Gasteiger charge is 2.41. The minimum atomic E-state index is -0.874. The van der Waals surface area contributed by atoms with E-state index in [-0.39, 0.29) is 23.6 Å². The number of aromatic nitrogens is 2. The molecule has 5 rings (SSSR count). The summed E-state index contributed by atoms with van der Waals surface area (Å²) >= 11 is 6.54. The van der Waals surface area contributed by atoms with Crippen molar-refractivity contribution >= 4 is 39.3 Å². The minimum Gasteiger partial charge on any atom is -0.472 e. The average Bonchev–Trinajstić information content (AvgIpc) is 3.55. The van der Waals surface area contributed by atoms with Gasteiger partial charge in [-0.15, -0.1) is 0 Å². The molecule has 1 fully saturated rings. The Balaban J connectivity index is 1.49. The van der Waals surface area contributed by atoms with Gasteiger partial charge in [-0.05, 0) is 65.4 Å². The SMILES string of the molecule is Cc1onc2c1c(=O)n(C1CCC(NC(=O)C(C)(c3ccoc3)N(C)C)C1)c1cccc(Cl)c21. The van der Waals surface area contributed by atoms with Crippen molar-refractivity contribution in [3.63, 3.8) is 0 Å². The van der Waals surface area contributed by atoms with Gasteiger partial charge in [-0.1, -0.05) is 22.8 Å². The van der Waals surface area contributed by atoms with E-state index in [9.17, 15) is 9.59 Å². The maximum Gasteiger partial charge on any atom is 0.264 e. The Labute approximate surface area is 201 Å². The lowest BCUT2D eigenvalue weighted by Crippen LogP contribution is -2.53. The third kappa shape index (κ3) is 3.35. The fourth-order valence-electron chi connectivity index (χ4n) is 5.12. The summed E-state index contributed by atoms with van der Waals surface area (Å²) < 4.78 is 12.4. The van der Waals surface area contributed by atoms with Crippen LogP contribution in [-0.4, -0.2) is 40.7 Å². The van der Waals surface area contributed by atoms with Crippen LogP contribution in [0, 0.1) is 6.92 Å². The average molecular weight is 483 g/mol. The number of hydrogen-bond donors (Lipinski definition) is 1. The maximum atomic E-state index is 13.6. The molecule has 34 heavy (non-hydrogen) atoms. The van der Waals surface area contributed by atoms with Crippen molar-refractivity contribution < 1.29 is 13.7 Å². The number of furan rings is 1. The number of hydrogen-bond acceptors (Lipinski definition) is 6. The summed E-state index contributed by atoms with van der Waals surface area (Å²) in [6.45, 7) is 3.61. The summed E-state index contributed by atoms with van der Waals surface area (Å²) in [5, 5.41) is 9.02. The first-order chi connectivity index (χ1) is 16.2. The largest absolute Gasteiger partial charge is 0.472 e. The number of amides is 1. The molecule has 1 aliphatic carbocycles. The molecule has 3 atom stereocenters. The quantitative estimate of drug-likeness (QED) is 0.453. The highest BCUT2D eigenvalue weighted by atomic mass is 35.5. The van der Waals surface area contributed by atoms with Gasteiger partial charge in [0.25, 0.3) is 5.56 Å². The summed E-state index contributed by atoms with van der Waals surface area (Å²) in [5.74, 6) is 0.371. The van der Waals surface area contributed by atoms with E-state index >= 15 is 0 Å². The van der Waals surface area contributed by atoms with Crippen molar-refractivity contribution in [2.75, 3.05) is 14.1 Å². The van der Waals surface area contributed by atoms with Crippen molar-refractivity contribution in [1.29, 1.82) is 0 Å². The fraction of sp³-hybridized carbons (Fsp3) is 0.400. The monoisotopic (exact) mass is 482 g/mol.